The summed E-state index contributed by atoms with van der Waals surface area (Å²) in [6, 6.07) is 11.6. The van der Waals surface area contributed by atoms with Crippen LogP contribution in [0.1, 0.15) is 35.1 Å². The summed E-state index contributed by atoms with van der Waals surface area (Å²) in [4.78, 5) is 38.8. The highest BCUT2D eigenvalue weighted by molar-refractivity contribution is 6.39. The predicted octanol–water partition coefficient (Wildman–Crippen LogP) is 1.50. The van der Waals surface area contributed by atoms with Gasteiger partial charge in [0.25, 0.3) is 0 Å². The zero-order valence-electron chi connectivity index (χ0n) is 17.2. The second-order valence-electron chi connectivity index (χ2n) is 8.78. The molecule has 2 aromatic carbocycles. The molecule has 2 heterocycles. The highest BCUT2D eigenvalue weighted by atomic mass is 16.3. The van der Waals surface area contributed by atoms with Crippen molar-refractivity contribution in [3.8, 4) is 0 Å². The van der Waals surface area contributed by atoms with Crippen LogP contribution in [0.3, 0.4) is 0 Å². The van der Waals surface area contributed by atoms with Crippen molar-refractivity contribution in [2.45, 2.75) is 44.1 Å². The lowest BCUT2D eigenvalue weighted by atomic mass is 9.80. The predicted molar refractivity (Wildman–Crippen MR) is 116 cm³/mol. The number of aliphatic hydroxyl groups is 1. The molecule has 3 aliphatic rings. The molecule has 0 aromatic heterocycles. The number of benzene rings is 2. The van der Waals surface area contributed by atoms with Crippen molar-refractivity contribution in [2.24, 2.45) is 0 Å². The second-order valence-corrected chi connectivity index (χ2v) is 8.78. The van der Waals surface area contributed by atoms with Gasteiger partial charge in [0.1, 0.15) is 0 Å². The molecule has 2 aromatic rings. The molecule has 5 rings (SSSR count). The van der Waals surface area contributed by atoms with Gasteiger partial charge in [0.2, 0.25) is 5.91 Å². The van der Waals surface area contributed by atoms with Gasteiger partial charge in [-0.05, 0) is 60.1 Å². The molecule has 7 heteroatoms. The third-order valence-electron chi connectivity index (χ3n) is 6.55. The summed E-state index contributed by atoms with van der Waals surface area (Å²) < 4.78 is 0. The van der Waals surface area contributed by atoms with Gasteiger partial charge in [-0.1, -0.05) is 24.3 Å². The van der Waals surface area contributed by atoms with Gasteiger partial charge in [-0.15, -0.1) is 0 Å². The van der Waals surface area contributed by atoms with Crippen molar-refractivity contribution in [1.29, 1.82) is 0 Å². The van der Waals surface area contributed by atoms with Gasteiger partial charge in [-0.3, -0.25) is 14.4 Å². The first-order chi connectivity index (χ1) is 14.9. The Balaban J connectivity index is 1.22. The van der Waals surface area contributed by atoms with Crippen LogP contribution in [0.15, 0.2) is 36.4 Å². The van der Waals surface area contributed by atoms with Gasteiger partial charge < -0.3 is 20.6 Å². The molecule has 7 nitrogen and oxygen atoms in total. The van der Waals surface area contributed by atoms with Gasteiger partial charge in [0.15, 0.2) is 0 Å². The fourth-order valence-electron chi connectivity index (χ4n) is 5.00. The summed E-state index contributed by atoms with van der Waals surface area (Å²) in [6.45, 7) is 0.757. The van der Waals surface area contributed by atoms with E-state index >= 15 is 0 Å². The van der Waals surface area contributed by atoms with E-state index in [2.05, 4.69) is 16.7 Å². The van der Waals surface area contributed by atoms with Crippen LogP contribution in [0.4, 0.5) is 11.4 Å². The molecule has 0 radical (unpaired) electrons. The number of anilines is 2. The molecular formula is C24H25N3O4. The van der Waals surface area contributed by atoms with Gasteiger partial charge in [-0.2, -0.15) is 0 Å². The molecule has 1 atom stereocenters. The summed E-state index contributed by atoms with van der Waals surface area (Å²) in [6.07, 6.45) is 3.78. The van der Waals surface area contributed by atoms with E-state index in [1.807, 2.05) is 29.2 Å². The highest BCUT2D eigenvalue weighted by Gasteiger charge is 2.34. The quantitative estimate of drug-likeness (QED) is 0.657. The number of hydrogen-bond donors (Lipinski definition) is 3. The summed E-state index contributed by atoms with van der Waals surface area (Å²) >= 11 is 0. The van der Waals surface area contributed by atoms with Crippen molar-refractivity contribution in [1.82, 2.24) is 5.32 Å². The van der Waals surface area contributed by atoms with Gasteiger partial charge in [0, 0.05) is 25.2 Å². The monoisotopic (exact) mass is 419 g/mol. The fourth-order valence-corrected chi connectivity index (χ4v) is 5.00. The van der Waals surface area contributed by atoms with Crippen molar-refractivity contribution in [3.05, 3.63) is 58.7 Å². The third kappa shape index (κ3) is 3.70. The van der Waals surface area contributed by atoms with E-state index in [0.29, 0.717) is 24.9 Å². The molecule has 0 spiro atoms. The molecule has 3 N–H and O–H groups in total. The summed E-state index contributed by atoms with van der Waals surface area (Å²) in [5.74, 6) is -1.47. The molecule has 0 bridgehead atoms. The Morgan fingerprint density at radius 1 is 1.03 bits per heavy atom. The number of fused-ring (bicyclic) bond motifs is 1. The van der Waals surface area contributed by atoms with E-state index in [1.54, 1.807) is 6.07 Å². The fraction of sp³-hybridized carbons (Fsp3) is 0.375. The Morgan fingerprint density at radius 3 is 2.65 bits per heavy atom. The maximum atomic E-state index is 12.4. The summed E-state index contributed by atoms with van der Waals surface area (Å²) in [5, 5.41) is 16.1. The molecule has 31 heavy (non-hydrogen) atoms. The van der Waals surface area contributed by atoms with E-state index in [0.717, 1.165) is 48.2 Å². The molecular weight excluding hydrogens is 394 g/mol. The Labute approximate surface area is 180 Å². The van der Waals surface area contributed by atoms with Crippen LogP contribution in [-0.2, 0) is 40.1 Å². The van der Waals surface area contributed by atoms with Gasteiger partial charge >= 0.3 is 11.8 Å². The summed E-state index contributed by atoms with van der Waals surface area (Å²) in [7, 11) is 0. The first-order valence-corrected chi connectivity index (χ1v) is 10.8. The molecule has 3 amide bonds. The van der Waals surface area contributed by atoms with Crippen LogP contribution in [0.25, 0.3) is 0 Å². The number of hydrogen-bond acceptors (Lipinski definition) is 4. The molecule has 2 aliphatic heterocycles. The minimum Gasteiger partial charge on any atom is -0.388 e. The Hall–Kier alpha value is -3.19. The number of aryl methyl sites for hydroxylation is 2. The average Bonchev–Trinajstić information content (AvgIpc) is 3.08. The lowest BCUT2D eigenvalue weighted by molar-refractivity contribution is -0.136. The van der Waals surface area contributed by atoms with E-state index in [-0.39, 0.29) is 12.5 Å². The van der Waals surface area contributed by atoms with Crippen LogP contribution < -0.4 is 15.5 Å². The number of amides is 3. The number of nitrogens with one attached hydrogen (secondary N) is 2. The first-order valence-electron chi connectivity index (χ1n) is 10.8. The second kappa shape index (κ2) is 7.50. The van der Waals surface area contributed by atoms with Crippen molar-refractivity contribution in [3.63, 3.8) is 0 Å². The van der Waals surface area contributed by atoms with Crippen molar-refractivity contribution >= 4 is 29.1 Å². The molecule has 0 fully saturated rings. The average molecular weight is 419 g/mol. The standard InChI is InChI=1S/C24H25N3O4/c28-20-12-18-11-19(10-16-6-3-9-27(20)21(16)18)26-23(30)22(29)25-14-24(31)8-7-15-4-1-2-5-17(15)13-24/h1-2,4-5,10-11,31H,3,6-9,12-14H2,(H,25,29)(H,26,30). The zero-order chi connectivity index (χ0) is 21.6. The Morgan fingerprint density at radius 2 is 1.81 bits per heavy atom. The van der Waals surface area contributed by atoms with E-state index in [4.69, 9.17) is 0 Å². The van der Waals surface area contributed by atoms with Crippen molar-refractivity contribution in [2.75, 3.05) is 23.3 Å². The van der Waals surface area contributed by atoms with E-state index in [1.165, 1.54) is 5.56 Å². The maximum absolute atomic E-state index is 12.4. The molecule has 1 aliphatic carbocycles. The van der Waals surface area contributed by atoms with Crippen molar-refractivity contribution < 1.29 is 19.5 Å². The SMILES string of the molecule is O=C(NCC1(O)CCc2ccccc2C1)C(=O)Nc1cc2c3c(c1)CC(=O)N3CCC2. The lowest BCUT2D eigenvalue weighted by Gasteiger charge is -2.33. The van der Waals surface area contributed by atoms with E-state index < -0.39 is 17.4 Å². The van der Waals surface area contributed by atoms with Crippen LogP contribution in [0, 0.1) is 0 Å². The van der Waals surface area contributed by atoms with Crippen LogP contribution in [0.5, 0.6) is 0 Å². The highest BCUT2D eigenvalue weighted by Crippen LogP contribution is 2.38. The number of carbonyl (C=O) groups excluding carboxylic acids is 3. The number of carbonyl (C=O) groups is 3. The zero-order valence-corrected chi connectivity index (χ0v) is 17.2. The smallest absolute Gasteiger partial charge is 0.313 e. The minimum atomic E-state index is -1.06. The molecule has 0 saturated carbocycles. The third-order valence-corrected chi connectivity index (χ3v) is 6.55. The molecule has 0 saturated heterocycles. The van der Waals surface area contributed by atoms with Crippen LogP contribution in [-0.4, -0.2) is 41.5 Å². The van der Waals surface area contributed by atoms with Gasteiger partial charge in [0.05, 0.1) is 17.7 Å². The number of nitrogens with zero attached hydrogens (tertiary/aromatic N) is 1. The molecule has 160 valence electrons. The number of rotatable bonds is 3. The topological polar surface area (TPSA) is 98.7 Å². The Kier molecular flexibility index (Phi) is 4.78. The summed E-state index contributed by atoms with van der Waals surface area (Å²) in [5.41, 5.74) is 4.65. The maximum Gasteiger partial charge on any atom is 0.313 e. The normalized spacial score (nSPS) is 21.3. The van der Waals surface area contributed by atoms with Crippen LogP contribution >= 0.6 is 0 Å². The van der Waals surface area contributed by atoms with E-state index in [9.17, 15) is 19.5 Å². The Bertz CT molecular complexity index is 1100. The first kappa shape index (κ1) is 19.8. The molecule has 1 unspecified atom stereocenters. The largest absolute Gasteiger partial charge is 0.388 e. The lowest BCUT2D eigenvalue weighted by Crippen LogP contribution is -2.49. The van der Waals surface area contributed by atoms with Crippen LogP contribution in [0.2, 0.25) is 0 Å². The minimum absolute atomic E-state index is 0.0203. The van der Waals surface area contributed by atoms with Gasteiger partial charge in [-0.25, -0.2) is 0 Å².